The number of ether oxygens (including phenoxy) is 2. The molecule has 0 saturated carbocycles. The number of carbonyl (C=O) groups is 2. The molecular weight excluding hydrogens is 260 g/mol. The van der Waals surface area contributed by atoms with Gasteiger partial charge in [0.05, 0.1) is 12.8 Å². The van der Waals surface area contributed by atoms with Gasteiger partial charge in [-0.1, -0.05) is 11.6 Å². The molecule has 1 aromatic rings. The van der Waals surface area contributed by atoms with Crippen molar-refractivity contribution in [2.24, 2.45) is 0 Å². The summed E-state index contributed by atoms with van der Waals surface area (Å²) in [5, 5.41) is 5.47. The first-order valence-corrected chi connectivity index (χ1v) is 5.55. The van der Waals surface area contributed by atoms with E-state index in [1.54, 1.807) is 18.2 Å². The molecule has 1 atom stereocenters. The fraction of sp³-hybridized carbons (Fsp3) is 0.273. The second kappa shape index (κ2) is 5.14. The summed E-state index contributed by atoms with van der Waals surface area (Å²) in [6.07, 6.45) is -0.604. The van der Waals surface area contributed by atoms with Gasteiger partial charge in [-0.25, -0.2) is 4.79 Å². The van der Waals surface area contributed by atoms with E-state index < -0.39 is 12.1 Å². The smallest absolute Gasteiger partial charge is 0.407 e. The second-order valence-corrected chi connectivity index (χ2v) is 4.07. The minimum absolute atomic E-state index is 0.00749. The molecule has 1 aromatic carbocycles. The van der Waals surface area contributed by atoms with Gasteiger partial charge in [0.25, 0.3) is 5.91 Å². The summed E-state index contributed by atoms with van der Waals surface area (Å²) in [6, 6.07) is 4.15. The normalized spacial score (nSPS) is 17.9. The van der Waals surface area contributed by atoms with E-state index >= 15 is 0 Å². The summed E-state index contributed by atoms with van der Waals surface area (Å²) in [6.45, 7) is 0.00749. The van der Waals surface area contributed by atoms with Crippen LogP contribution in [0.25, 0.3) is 0 Å². The van der Waals surface area contributed by atoms with Gasteiger partial charge in [-0.15, -0.1) is 0 Å². The summed E-state index contributed by atoms with van der Waals surface area (Å²) >= 11 is 5.84. The summed E-state index contributed by atoms with van der Waals surface area (Å²) < 4.78 is 9.73. The average Bonchev–Trinajstić information content (AvgIpc) is 2.76. The lowest BCUT2D eigenvalue weighted by Crippen LogP contribution is -2.38. The number of hydrogen-bond acceptors (Lipinski definition) is 4. The first-order valence-electron chi connectivity index (χ1n) is 5.18. The molecule has 2 rings (SSSR count). The van der Waals surface area contributed by atoms with Gasteiger partial charge < -0.3 is 20.1 Å². The van der Waals surface area contributed by atoms with Crippen LogP contribution in [0.5, 0.6) is 5.75 Å². The number of hydrogen-bond donors (Lipinski definition) is 2. The van der Waals surface area contributed by atoms with Crippen LogP contribution < -0.4 is 15.4 Å². The Kier molecular flexibility index (Phi) is 3.57. The first-order chi connectivity index (χ1) is 8.60. The molecule has 96 valence electrons. The molecule has 0 aliphatic carbocycles. The molecule has 0 spiro atoms. The van der Waals surface area contributed by atoms with E-state index in [1.165, 1.54) is 7.11 Å². The summed E-state index contributed by atoms with van der Waals surface area (Å²) in [7, 11) is 1.49. The lowest BCUT2D eigenvalue weighted by molar-refractivity contribution is -0.117. The Morgan fingerprint density at radius 1 is 1.61 bits per heavy atom. The maximum absolute atomic E-state index is 11.8. The van der Waals surface area contributed by atoms with Crippen LogP contribution in [0.4, 0.5) is 10.5 Å². The highest BCUT2D eigenvalue weighted by Crippen LogP contribution is 2.27. The largest absolute Gasteiger partial charge is 0.495 e. The SMILES string of the molecule is COc1ccc(Cl)cc1NC(=O)C1COC(=O)N1. The number of methoxy groups -OCH3 is 1. The summed E-state index contributed by atoms with van der Waals surface area (Å²) in [5.74, 6) is 0.0967. The van der Waals surface area contributed by atoms with Gasteiger partial charge in [-0.2, -0.15) is 0 Å². The number of alkyl carbamates (subject to hydrolysis) is 1. The minimum Gasteiger partial charge on any atom is -0.495 e. The van der Waals surface area contributed by atoms with Crippen LogP contribution >= 0.6 is 11.6 Å². The predicted octanol–water partition coefficient (Wildman–Crippen LogP) is 1.40. The number of amides is 2. The molecule has 2 amide bonds. The minimum atomic E-state index is -0.707. The van der Waals surface area contributed by atoms with E-state index in [2.05, 4.69) is 15.4 Å². The van der Waals surface area contributed by atoms with Crippen molar-refractivity contribution in [1.29, 1.82) is 0 Å². The number of cyclic esters (lactones) is 1. The fourth-order valence-corrected chi connectivity index (χ4v) is 1.70. The van der Waals surface area contributed by atoms with Crippen LogP contribution in [0.2, 0.25) is 5.02 Å². The maximum atomic E-state index is 11.8. The van der Waals surface area contributed by atoms with Gasteiger partial charge in [-0.05, 0) is 18.2 Å². The third-order valence-corrected chi connectivity index (χ3v) is 2.64. The number of benzene rings is 1. The molecule has 1 aliphatic rings. The van der Waals surface area contributed by atoms with Crippen molar-refractivity contribution in [3.8, 4) is 5.75 Å². The highest BCUT2D eigenvalue weighted by atomic mass is 35.5. The zero-order valence-corrected chi connectivity index (χ0v) is 10.3. The Morgan fingerprint density at radius 2 is 2.39 bits per heavy atom. The van der Waals surface area contributed by atoms with Gasteiger partial charge in [0, 0.05) is 5.02 Å². The van der Waals surface area contributed by atoms with E-state index in [-0.39, 0.29) is 12.5 Å². The molecule has 1 heterocycles. The van der Waals surface area contributed by atoms with E-state index in [1.807, 2.05) is 0 Å². The van der Waals surface area contributed by atoms with Gasteiger partial charge in [0.2, 0.25) is 0 Å². The van der Waals surface area contributed by atoms with Gasteiger partial charge in [0.15, 0.2) is 0 Å². The number of halogens is 1. The molecule has 1 saturated heterocycles. The summed E-state index contributed by atoms with van der Waals surface area (Å²) in [4.78, 5) is 22.7. The monoisotopic (exact) mass is 270 g/mol. The molecule has 18 heavy (non-hydrogen) atoms. The van der Waals surface area contributed by atoms with Crippen LogP contribution in [-0.2, 0) is 9.53 Å². The number of carbonyl (C=O) groups excluding carboxylic acids is 2. The Balaban J connectivity index is 2.11. The van der Waals surface area contributed by atoms with Crippen LogP contribution in [0.15, 0.2) is 18.2 Å². The Bertz CT molecular complexity index is 492. The fourth-order valence-electron chi connectivity index (χ4n) is 1.52. The zero-order valence-electron chi connectivity index (χ0n) is 9.53. The molecule has 1 fully saturated rings. The highest BCUT2D eigenvalue weighted by molar-refractivity contribution is 6.31. The predicted molar refractivity (Wildman–Crippen MR) is 64.9 cm³/mol. The molecule has 0 bridgehead atoms. The lowest BCUT2D eigenvalue weighted by atomic mass is 10.2. The van der Waals surface area contributed by atoms with Gasteiger partial charge in [-0.3, -0.25) is 4.79 Å². The van der Waals surface area contributed by atoms with E-state index in [9.17, 15) is 9.59 Å². The van der Waals surface area contributed by atoms with E-state index in [4.69, 9.17) is 16.3 Å². The van der Waals surface area contributed by atoms with Gasteiger partial charge in [0.1, 0.15) is 18.4 Å². The molecule has 2 N–H and O–H groups in total. The highest BCUT2D eigenvalue weighted by Gasteiger charge is 2.29. The zero-order chi connectivity index (χ0) is 13.1. The van der Waals surface area contributed by atoms with Crippen molar-refractivity contribution in [2.75, 3.05) is 19.0 Å². The lowest BCUT2D eigenvalue weighted by Gasteiger charge is -2.12. The van der Waals surface area contributed by atoms with Crippen molar-refractivity contribution in [3.05, 3.63) is 23.2 Å². The molecule has 1 unspecified atom stereocenters. The van der Waals surface area contributed by atoms with E-state index in [0.29, 0.717) is 16.5 Å². The van der Waals surface area contributed by atoms with Crippen LogP contribution in [-0.4, -0.2) is 31.8 Å². The van der Waals surface area contributed by atoms with Crippen LogP contribution in [0.3, 0.4) is 0 Å². The van der Waals surface area contributed by atoms with Gasteiger partial charge >= 0.3 is 6.09 Å². The number of nitrogens with one attached hydrogen (secondary N) is 2. The van der Waals surface area contributed by atoms with Crippen molar-refractivity contribution in [2.45, 2.75) is 6.04 Å². The van der Waals surface area contributed by atoms with Crippen molar-refractivity contribution in [1.82, 2.24) is 5.32 Å². The Morgan fingerprint density at radius 3 is 3.00 bits per heavy atom. The van der Waals surface area contributed by atoms with Crippen molar-refractivity contribution < 1.29 is 19.1 Å². The Labute approximate surface area is 108 Å². The maximum Gasteiger partial charge on any atom is 0.407 e. The number of anilines is 1. The Hall–Kier alpha value is -1.95. The molecule has 7 heteroatoms. The van der Waals surface area contributed by atoms with Crippen LogP contribution in [0.1, 0.15) is 0 Å². The third kappa shape index (κ3) is 2.65. The molecule has 0 radical (unpaired) electrons. The first kappa shape index (κ1) is 12.5. The standard InChI is InChI=1S/C11H11ClN2O4/c1-17-9-3-2-6(12)4-7(9)13-10(15)8-5-18-11(16)14-8/h2-4,8H,5H2,1H3,(H,13,15)(H,14,16). The number of rotatable bonds is 3. The third-order valence-electron chi connectivity index (χ3n) is 2.41. The molecule has 0 aromatic heterocycles. The van der Waals surface area contributed by atoms with Crippen LogP contribution in [0, 0.1) is 0 Å². The molecule has 1 aliphatic heterocycles. The molecular formula is C11H11ClN2O4. The average molecular weight is 271 g/mol. The quantitative estimate of drug-likeness (QED) is 0.870. The second-order valence-electron chi connectivity index (χ2n) is 3.63. The van der Waals surface area contributed by atoms with E-state index in [0.717, 1.165) is 0 Å². The van der Waals surface area contributed by atoms with Crippen molar-refractivity contribution in [3.63, 3.8) is 0 Å². The van der Waals surface area contributed by atoms with Crippen molar-refractivity contribution >= 4 is 29.3 Å². The topological polar surface area (TPSA) is 76.7 Å². The molecule has 6 nitrogen and oxygen atoms in total. The summed E-state index contributed by atoms with van der Waals surface area (Å²) in [5.41, 5.74) is 0.441.